The van der Waals surface area contributed by atoms with E-state index >= 15 is 0 Å². The fraction of sp³-hybridized carbons (Fsp3) is 1.00. The summed E-state index contributed by atoms with van der Waals surface area (Å²) in [7, 11) is 0. The molecular weight excluding hydrogens is 204 g/mol. The molecule has 0 aromatic heterocycles. The molecule has 1 saturated carbocycles. The van der Waals surface area contributed by atoms with Gasteiger partial charge in [0.1, 0.15) is 0 Å². The maximum Gasteiger partial charge on any atom is 0.0392 e. The second-order valence-corrected chi connectivity index (χ2v) is 5.81. The van der Waals surface area contributed by atoms with Gasteiger partial charge in [0.25, 0.3) is 0 Å². The number of rotatable bonds is 6. The molecule has 1 unspecified atom stereocenters. The number of halogens is 1. The first-order valence-corrected chi connectivity index (χ1v) is 7.33. The molecule has 1 fully saturated rings. The third-order valence-corrected chi connectivity index (χ3v) is 4.78. The summed E-state index contributed by atoms with van der Waals surface area (Å²) in [5.74, 6) is 0. The second kappa shape index (κ2) is 6.78. The summed E-state index contributed by atoms with van der Waals surface area (Å²) in [6, 6.07) is 0. The highest BCUT2D eigenvalue weighted by atomic mass is 35.5. The summed E-state index contributed by atoms with van der Waals surface area (Å²) in [4.78, 5) is 0. The van der Waals surface area contributed by atoms with Crippen molar-refractivity contribution >= 4 is 11.6 Å². The van der Waals surface area contributed by atoms with Gasteiger partial charge in [0.05, 0.1) is 0 Å². The standard InChI is InChI=1S/C14H27Cl/c1-3-5-10-14(11-6-4-2)12-8-7-9-13(14)15/h13H,3-12H2,1-2H3. The van der Waals surface area contributed by atoms with Crippen LogP contribution in [0.1, 0.15) is 78.1 Å². The highest BCUT2D eigenvalue weighted by Gasteiger charge is 2.38. The van der Waals surface area contributed by atoms with Crippen molar-refractivity contribution in [1.82, 2.24) is 0 Å². The summed E-state index contributed by atoms with van der Waals surface area (Å²) in [6.45, 7) is 4.58. The van der Waals surface area contributed by atoms with Crippen LogP contribution in [0.25, 0.3) is 0 Å². The first kappa shape index (κ1) is 13.4. The number of unbranched alkanes of at least 4 members (excludes halogenated alkanes) is 2. The van der Waals surface area contributed by atoms with Crippen molar-refractivity contribution in [3.63, 3.8) is 0 Å². The topological polar surface area (TPSA) is 0 Å². The summed E-state index contributed by atoms with van der Waals surface area (Å²) in [5.41, 5.74) is 0.506. The van der Waals surface area contributed by atoms with Gasteiger partial charge >= 0.3 is 0 Å². The van der Waals surface area contributed by atoms with Crippen LogP contribution in [0.15, 0.2) is 0 Å². The Labute approximate surface area is 101 Å². The molecule has 1 atom stereocenters. The molecule has 1 heteroatoms. The molecule has 0 bridgehead atoms. The van der Waals surface area contributed by atoms with Crippen LogP contribution in [0, 0.1) is 5.41 Å². The quantitative estimate of drug-likeness (QED) is 0.526. The molecule has 0 radical (unpaired) electrons. The summed E-state index contributed by atoms with van der Waals surface area (Å²) >= 11 is 6.61. The average Bonchev–Trinajstić information content (AvgIpc) is 2.27. The Bertz CT molecular complexity index is 157. The van der Waals surface area contributed by atoms with E-state index in [4.69, 9.17) is 11.6 Å². The van der Waals surface area contributed by atoms with Crippen LogP contribution in [-0.2, 0) is 0 Å². The van der Waals surface area contributed by atoms with E-state index in [1.807, 2.05) is 0 Å². The molecule has 1 rings (SSSR count). The van der Waals surface area contributed by atoms with Crippen molar-refractivity contribution in [2.24, 2.45) is 5.41 Å². The fourth-order valence-corrected chi connectivity index (χ4v) is 3.49. The molecule has 0 amide bonds. The van der Waals surface area contributed by atoms with Gasteiger partial charge in [-0.3, -0.25) is 0 Å². The molecule has 90 valence electrons. The van der Waals surface area contributed by atoms with E-state index in [0.717, 1.165) is 0 Å². The van der Waals surface area contributed by atoms with Gasteiger partial charge in [-0.2, -0.15) is 0 Å². The fourth-order valence-electron chi connectivity index (χ4n) is 3.01. The van der Waals surface area contributed by atoms with Crippen molar-refractivity contribution in [3.05, 3.63) is 0 Å². The van der Waals surface area contributed by atoms with Crippen LogP contribution in [0.4, 0.5) is 0 Å². The lowest BCUT2D eigenvalue weighted by Crippen LogP contribution is -2.34. The minimum atomic E-state index is 0.462. The van der Waals surface area contributed by atoms with E-state index in [9.17, 15) is 0 Å². The molecule has 1 aliphatic rings. The van der Waals surface area contributed by atoms with E-state index in [-0.39, 0.29) is 0 Å². The second-order valence-electron chi connectivity index (χ2n) is 5.28. The molecule has 15 heavy (non-hydrogen) atoms. The maximum atomic E-state index is 6.61. The van der Waals surface area contributed by atoms with Gasteiger partial charge in [0.2, 0.25) is 0 Å². The first-order chi connectivity index (χ1) is 7.25. The molecule has 1 aliphatic carbocycles. The zero-order valence-electron chi connectivity index (χ0n) is 10.5. The van der Waals surface area contributed by atoms with Crippen LogP contribution in [-0.4, -0.2) is 5.38 Å². The molecule has 0 spiro atoms. The zero-order valence-corrected chi connectivity index (χ0v) is 11.3. The molecule has 0 heterocycles. The minimum absolute atomic E-state index is 0.462. The smallest absolute Gasteiger partial charge is 0.0392 e. The summed E-state index contributed by atoms with van der Waals surface area (Å²) in [5, 5.41) is 0.462. The molecule has 0 saturated heterocycles. The van der Waals surface area contributed by atoms with Crippen molar-refractivity contribution in [2.45, 2.75) is 83.4 Å². The van der Waals surface area contributed by atoms with Gasteiger partial charge in [-0.25, -0.2) is 0 Å². The Morgan fingerprint density at radius 1 is 1.07 bits per heavy atom. The zero-order chi connectivity index (χ0) is 11.1. The normalized spacial score (nSPS) is 25.4. The lowest BCUT2D eigenvalue weighted by molar-refractivity contribution is 0.155. The van der Waals surface area contributed by atoms with Gasteiger partial charge in [-0.15, -0.1) is 11.6 Å². The number of alkyl halides is 1. The van der Waals surface area contributed by atoms with E-state index in [1.165, 1.54) is 64.2 Å². The van der Waals surface area contributed by atoms with E-state index in [0.29, 0.717) is 10.8 Å². The van der Waals surface area contributed by atoms with E-state index in [2.05, 4.69) is 13.8 Å². The molecular formula is C14H27Cl. The Balaban J connectivity index is 2.55. The predicted octanol–water partition coefficient (Wildman–Crippen LogP) is 5.53. The Kier molecular flexibility index (Phi) is 6.04. The predicted molar refractivity (Wildman–Crippen MR) is 69.6 cm³/mol. The lowest BCUT2D eigenvalue weighted by atomic mass is 9.68. The highest BCUT2D eigenvalue weighted by Crippen LogP contribution is 2.47. The molecule has 0 aromatic rings. The highest BCUT2D eigenvalue weighted by molar-refractivity contribution is 6.21. The maximum absolute atomic E-state index is 6.61. The van der Waals surface area contributed by atoms with Crippen molar-refractivity contribution in [1.29, 1.82) is 0 Å². The third kappa shape index (κ3) is 3.66. The minimum Gasteiger partial charge on any atom is -0.122 e. The molecule has 0 aliphatic heterocycles. The Morgan fingerprint density at radius 3 is 2.13 bits per heavy atom. The number of hydrogen-bond donors (Lipinski definition) is 0. The van der Waals surface area contributed by atoms with Crippen LogP contribution >= 0.6 is 11.6 Å². The largest absolute Gasteiger partial charge is 0.122 e. The molecule has 0 aromatic carbocycles. The lowest BCUT2D eigenvalue weighted by Gasteiger charge is -2.42. The van der Waals surface area contributed by atoms with Crippen LogP contribution in [0.5, 0.6) is 0 Å². The number of hydrogen-bond acceptors (Lipinski definition) is 0. The van der Waals surface area contributed by atoms with Crippen molar-refractivity contribution in [3.8, 4) is 0 Å². The van der Waals surface area contributed by atoms with E-state index in [1.54, 1.807) is 0 Å². The first-order valence-electron chi connectivity index (χ1n) is 6.89. The molecule has 0 nitrogen and oxygen atoms in total. The monoisotopic (exact) mass is 230 g/mol. The van der Waals surface area contributed by atoms with Gasteiger partial charge in [0, 0.05) is 5.38 Å². The Hall–Kier alpha value is 0.290. The average molecular weight is 231 g/mol. The van der Waals surface area contributed by atoms with Gasteiger partial charge in [0.15, 0.2) is 0 Å². The van der Waals surface area contributed by atoms with Crippen molar-refractivity contribution < 1.29 is 0 Å². The SMILES string of the molecule is CCCCC1(CCCC)CCCCC1Cl. The third-order valence-electron chi connectivity index (χ3n) is 4.10. The summed E-state index contributed by atoms with van der Waals surface area (Å²) < 4.78 is 0. The van der Waals surface area contributed by atoms with Crippen molar-refractivity contribution in [2.75, 3.05) is 0 Å². The van der Waals surface area contributed by atoms with Crippen LogP contribution < -0.4 is 0 Å². The van der Waals surface area contributed by atoms with Crippen LogP contribution in [0.3, 0.4) is 0 Å². The molecule has 0 N–H and O–H groups in total. The van der Waals surface area contributed by atoms with Crippen LogP contribution in [0.2, 0.25) is 0 Å². The van der Waals surface area contributed by atoms with E-state index < -0.39 is 0 Å². The summed E-state index contributed by atoms with van der Waals surface area (Å²) in [6.07, 6.45) is 13.5. The van der Waals surface area contributed by atoms with Gasteiger partial charge in [-0.05, 0) is 31.1 Å². The Morgan fingerprint density at radius 2 is 1.67 bits per heavy atom. The van der Waals surface area contributed by atoms with Gasteiger partial charge < -0.3 is 0 Å². The van der Waals surface area contributed by atoms with Gasteiger partial charge in [-0.1, -0.05) is 52.4 Å².